The highest BCUT2D eigenvalue weighted by Gasteiger charge is 2.48. The molecule has 3 aliphatic rings. The lowest BCUT2D eigenvalue weighted by Gasteiger charge is -2.45. The number of ketones is 1. The third-order valence-electron chi connectivity index (χ3n) is 8.57. The molecule has 2 saturated carbocycles. The van der Waals surface area contributed by atoms with Crippen molar-refractivity contribution in [3.8, 4) is 11.1 Å². The average molecular weight is 477 g/mol. The van der Waals surface area contributed by atoms with Crippen molar-refractivity contribution in [2.75, 3.05) is 6.54 Å². The van der Waals surface area contributed by atoms with Crippen LogP contribution in [0.25, 0.3) is 22.0 Å². The van der Waals surface area contributed by atoms with E-state index >= 15 is 0 Å². The van der Waals surface area contributed by atoms with Gasteiger partial charge in [0.25, 0.3) is 0 Å². The molecule has 0 radical (unpaired) electrons. The third kappa shape index (κ3) is 3.81. The normalized spacial score (nSPS) is 28.0. The Hall–Kier alpha value is -2.44. The highest BCUT2D eigenvalue weighted by atomic mass is 32.2. The highest BCUT2D eigenvalue weighted by Crippen LogP contribution is 2.46. The summed E-state index contributed by atoms with van der Waals surface area (Å²) in [6, 6.07) is 13.9. The van der Waals surface area contributed by atoms with E-state index in [0.717, 1.165) is 46.9 Å². The molecule has 1 atom stereocenters. The maximum Gasteiger partial charge on any atom is 0.181 e. The lowest BCUT2D eigenvalue weighted by Crippen LogP contribution is -2.57. The fraction of sp³-hybridized carbons (Fsp3) is 0.464. The van der Waals surface area contributed by atoms with Crippen molar-refractivity contribution in [2.24, 2.45) is 11.8 Å². The van der Waals surface area contributed by atoms with E-state index in [1.807, 2.05) is 31.3 Å². The first-order valence-electron chi connectivity index (χ1n) is 12.5. The van der Waals surface area contributed by atoms with Crippen LogP contribution in [0.4, 0.5) is 0 Å². The summed E-state index contributed by atoms with van der Waals surface area (Å²) < 4.78 is 27.1. The van der Waals surface area contributed by atoms with Gasteiger partial charge < -0.3 is 10.3 Å². The van der Waals surface area contributed by atoms with E-state index in [2.05, 4.69) is 28.5 Å². The highest BCUT2D eigenvalue weighted by molar-refractivity contribution is 7.92. The number of nitrogens with one attached hydrogen (secondary N) is 2. The average Bonchev–Trinajstić information content (AvgIpc) is 3.57. The van der Waals surface area contributed by atoms with Crippen LogP contribution in [-0.2, 0) is 14.6 Å². The molecule has 0 bridgehead atoms. The third-order valence-corrected chi connectivity index (χ3v) is 10.8. The van der Waals surface area contributed by atoms with Crippen LogP contribution in [0.1, 0.15) is 50.5 Å². The molecule has 1 spiro atoms. The predicted molar refractivity (Wildman–Crippen MR) is 134 cm³/mol. The van der Waals surface area contributed by atoms with E-state index in [1.54, 1.807) is 6.07 Å². The van der Waals surface area contributed by atoms with Crippen molar-refractivity contribution in [1.29, 1.82) is 0 Å². The van der Waals surface area contributed by atoms with Crippen molar-refractivity contribution in [3.63, 3.8) is 0 Å². The number of fused-ring (bicyclic) bond motifs is 1. The molecule has 1 aromatic heterocycles. The van der Waals surface area contributed by atoms with Gasteiger partial charge in [0.1, 0.15) is 5.78 Å². The molecule has 2 aliphatic carbocycles. The summed E-state index contributed by atoms with van der Waals surface area (Å²) in [6.07, 6.45) is 8.16. The van der Waals surface area contributed by atoms with Gasteiger partial charge in [0.15, 0.2) is 9.84 Å². The number of piperidine rings is 1. The Labute approximate surface area is 201 Å². The Morgan fingerprint density at radius 2 is 1.76 bits per heavy atom. The van der Waals surface area contributed by atoms with Gasteiger partial charge in [0, 0.05) is 23.2 Å². The Kier molecular flexibility index (Phi) is 5.23. The summed E-state index contributed by atoms with van der Waals surface area (Å²) in [7, 11) is -3.39. The van der Waals surface area contributed by atoms with E-state index in [4.69, 9.17) is 0 Å². The fourth-order valence-electron chi connectivity index (χ4n) is 6.32. The predicted octanol–water partition coefficient (Wildman–Crippen LogP) is 5.19. The number of benzene rings is 2. The van der Waals surface area contributed by atoms with E-state index in [-0.39, 0.29) is 16.7 Å². The lowest BCUT2D eigenvalue weighted by atomic mass is 9.71. The van der Waals surface area contributed by atoms with Crippen molar-refractivity contribution < 1.29 is 13.2 Å². The monoisotopic (exact) mass is 476 g/mol. The first-order valence-corrected chi connectivity index (χ1v) is 14.1. The summed E-state index contributed by atoms with van der Waals surface area (Å²) in [5, 5.41) is 4.32. The van der Waals surface area contributed by atoms with Gasteiger partial charge in [-0.2, -0.15) is 0 Å². The van der Waals surface area contributed by atoms with Gasteiger partial charge in [-0.3, -0.25) is 4.79 Å². The SMILES string of the molecule is Cc1cc(S(=O)(=O)C2CCC3(CC2)CC(C2CC2)C(=O)CN3)ccc1-c1ccc2cc[nH]c2c1. The van der Waals surface area contributed by atoms with Gasteiger partial charge in [0.2, 0.25) is 0 Å². The topological polar surface area (TPSA) is 79.0 Å². The number of sulfone groups is 1. The maximum absolute atomic E-state index is 13.6. The number of aryl methyl sites for hydroxylation is 1. The van der Waals surface area contributed by atoms with Gasteiger partial charge in [-0.25, -0.2) is 8.42 Å². The van der Waals surface area contributed by atoms with E-state index in [0.29, 0.717) is 36.0 Å². The molecule has 3 aromatic rings. The molecule has 2 aromatic carbocycles. The molecule has 5 nitrogen and oxygen atoms in total. The number of hydrogen-bond donors (Lipinski definition) is 2. The summed E-state index contributed by atoms with van der Waals surface area (Å²) in [5.74, 6) is 1.12. The molecule has 2 heterocycles. The Morgan fingerprint density at radius 1 is 0.971 bits per heavy atom. The molecular weight excluding hydrogens is 444 g/mol. The smallest absolute Gasteiger partial charge is 0.181 e. The van der Waals surface area contributed by atoms with Gasteiger partial charge in [-0.05, 0) is 104 Å². The van der Waals surface area contributed by atoms with Gasteiger partial charge in [-0.15, -0.1) is 0 Å². The zero-order valence-electron chi connectivity index (χ0n) is 19.6. The quantitative estimate of drug-likeness (QED) is 0.543. The summed E-state index contributed by atoms with van der Waals surface area (Å²) in [6.45, 7) is 2.44. The number of aromatic amines is 1. The van der Waals surface area contributed by atoms with Crippen LogP contribution >= 0.6 is 0 Å². The molecule has 0 amide bonds. The first-order chi connectivity index (χ1) is 16.3. The summed E-state index contributed by atoms with van der Waals surface area (Å²) >= 11 is 0. The Bertz CT molecular complexity index is 1360. The second-order valence-corrected chi connectivity index (χ2v) is 13.0. The van der Waals surface area contributed by atoms with Crippen molar-refractivity contribution in [2.45, 2.75) is 67.6 Å². The number of carbonyl (C=O) groups excluding carboxylic acids is 1. The number of rotatable bonds is 4. The van der Waals surface area contributed by atoms with Crippen LogP contribution in [0, 0.1) is 18.8 Å². The van der Waals surface area contributed by atoms with Crippen molar-refractivity contribution in [3.05, 3.63) is 54.2 Å². The molecular formula is C28H32N2O3S. The number of hydrogen-bond acceptors (Lipinski definition) is 4. The molecule has 6 rings (SSSR count). The van der Waals surface area contributed by atoms with Gasteiger partial charge in [0.05, 0.1) is 16.7 Å². The Morgan fingerprint density at radius 3 is 2.50 bits per heavy atom. The number of aromatic nitrogens is 1. The number of H-pyrrole nitrogens is 1. The minimum atomic E-state index is -3.39. The number of Topliss-reactive ketones (excluding diaryl/α,β-unsaturated/α-hetero) is 1. The number of carbonyl (C=O) groups is 1. The van der Waals surface area contributed by atoms with Crippen LogP contribution in [0.3, 0.4) is 0 Å². The van der Waals surface area contributed by atoms with Gasteiger partial charge >= 0.3 is 0 Å². The standard InChI is InChI=1S/C28H32N2O3S/c1-18-14-23(6-7-24(18)21-5-4-20-10-13-29-26(20)15-21)34(32,33)22-8-11-28(12-9-22)16-25(19-2-3-19)27(31)17-30-28/h4-7,10,13-15,19,22,25,29-30H,2-3,8-9,11-12,16-17H2,1H3. The van der Waals surface area contributed by atoms with E-state index in [1.165, 1.54) is 12.8 Å². The molecule has 1 saturated heterocycles. The summed E-state index contributed by atoms with van der Waals surface area (Å²) in [4.78, 5) is 16.0. The minimum absolute atomic E-state index is 0.0522. The Balaban J connectivity index is 1.19. The molecule has 178 valence electrons. The van der Waals surface area contributed by atoms with Crippen molar-refractivity contribution in [1.82, 2.24) is 10.3 Å². The van der Waals surface area contributed by atoms with Crippen LogP contribution in [0.2, 0.25) is 0 Å². The largest absolute Gasteiger partial charge is 0.361 e. The van der Waals surface area contributed by atoms with Crippen LogP contribution in [-0.4, -0.2) is 36.5 Å². The first kappa shape index (κ1) is 22.1. The lowest BCUT2D eigenvalue weighted by molar-refractivity contribution is -0.126. The molecule has 2 N–H and O–H groups in total. The minimum Gasteiger partial charge on any atom is -0.361 e. The fourth-order valence-corrected chi connectivity index (χ4v) is 8.16. The molecule has 6 heteroatoms. The molecule has 34 heavy (non-hydrogen) atoms. The second-order valence-electron chi connectivity index (χ2n) is 10.7. The van der Waals surface area contributed by atoms with Crippen LogP contribution < -0.4 is 5.32 Å². The summed E-state index contributed by atoms with van der Waals surface area (Å²) in [5.41, 5.74) is 4.13. The van der Waals surface area contributed by atoms with Gasteiger partial charge in [-0.1, -0.05) is 18.2 Å². The zero-order chi connectivity index (χ0) is 23.5. The van der Waals surface area contributed by atoms with Crippen LogP contribution in [0.15, 0.2) is 53.6 Å². The second kappa shape index (κ2) is 8.06. The van der Waals surface area contributed by atoms with E-state index in [9.17, 15) is 13.2 Å². The molecule has 1 unspecified atom stereocenters. The molecule has 1 aliphatic heterocycles. The van der Waals surface area contributed by atoms with E-state index < -0.39 is 9.84 Å². The van der Waals surface area contributed by atoms with Crippen molar-refractivity contribution >= 4 is 26.5 Å². The molecule has 3 fully saturated rings. The maximum atomic E-state index is 13.6. The zero-order valence-corrected chi connectivity index (χ0v) is 20.5. The van der Waals surface area contributed by atoms with Crippen LogP contribution in [0.5, 0.6) is 0 Å².